The fourth-order valence-corrected chi connectivity index (χ4v) is 4.48. The van der Waals surface area contributed by atoms with Crippen molar-refractivity contribution >= 4 is 11.8 Å². The lowest BCUT2D eigenvalue weighted by Gasteiger charge is -2.25. The second-order valence-corrected chi connectivity index (χ2v) is 8.17. The van der Waals surface area contributed by atoms with E-state index >= 15 is 0 Å². The van der Waals surface area contributed by atoms with E-state index in [2.05, 4.69) is 30.3 Å². The van der Waals surface area contributed by atoms with E-state index in [-0.39, 0.29) is 23.8 Å². The SMILES string of the molecule is CCN1CCN(C(=O)[C@@H]2CCCO2)C[C@@H](Cc2cccc(-c3ccccc3)c2)C1=O. The van der Waals surface area contributed by atoms with Crippen molar-refractivity contribution in [1.29, 1.82) is 0 Å². The summed E-state index contributed by atoms with van der Waals surface area (Å²) in [5.41, 5.74) is 3.43. The standard InChI is InChI=1S/C25H30N2O3/c1-2-26-13-14-27(25(29)23-12-7-15-30-23)18-22(24(26)28)17-19-8-6-11-21(16-19)20-9-4-3-5-10-20/h3-6,8-11,16,22-23H,2,7,12-15,17-18H2,1H3/t22-,23+/m1/s1. The van der Waals surface area contributed by atoms with Crippen LogP contribution in [0.2, 0.25) is 0 Å². The number of hydrogen-bond acceptors (Lipinski definition) is 3. The van der Waals surface area contributed by atoms with Crippen molar-refractivity contribution in [3.63, 3.8) is 0 Å². The molecule has 0 unspecified atom stereocenters. The minimum Gasteiger partial charge on any atom is -0.368 e. The van der Waals surface area contributed by atoms with Crippen LogP contribution in [-0.4, -0.2) is 60.5 Å². The Hall–Kier alpha value is -2.66. The van der Waals surface area contributed by atoms with Gasteiger partial charge in [-0.15, -0.1) is 0 Å². The highest BCUT2D eigenvalue weighted by Gasteiger charge is 2.35. The second-order valence-electron chi connectivity index (χ2n) is 8.17. The summed E-state index contributed by atoms with van der Waals surface area (Å²) in [5.74, 6) is -0.0460. The lowest BCUT2D eigenvalue weighted by molar-refractivity contribution is -0.141. The smallest absolute Gasteiger partial charge is 0.251 e. The van der Waals surface area contributed by atoms with Crippen LogP contribution in [0, 0.1) is 5.92 Å². The fourth-order valence-electron chi connectivity index (χ4n) is 4.48. The summed E-state index contributed by atoms with van der Waals surface area (Å²) in [6.07, 6.45) is 2.01. The van der Waals surface area contributed by atoms with Gasteiger partial charge in [0.1, 0.15) is 6.10 Å². The highest BCUT2D eigenvalue weighted by molar-refractivity contribution is 5.84. The Labute approximate surface area is 178 Å². The topological polar surface area (TPSA) is 49.9 Å². The molecule has 2 aromatic rings. The van der Waals surface area contributed by atoms with E-state index in [4.69, 9.17) is 4.74 Å². The Morgan fingerprint density at radius 2 is 1.87 bits per heavy atom. The Bertz CT molecular complexity index is 877. The molecule has 158 valence electrons. The third-order valence-electron chi connectivity index (χ3n) is 6.16. The van der Waals surface area contributed by atoms with Crippen LogP contribution in [0.5, 0.6) is 0 Å². The number of benzene rings is 2. The molecule has 2 atom stereocenters. The maximum absolute atomic E-state index is 13.2. The van der Waals surface area contributed by atoms with Crippen LogP contribution in [0.25, 0.3) is 11.1 Å². The molecule has 2 aromatic carbocycles. The van der Waals surface area contributed by atoms with Gasteiger partial charge in [-0.3, -0.25) is 9.59 Å². The predicted octanol–water partition coefficient (Wildman–Crippen LogP) is 3.38. The first-order chi connectivity index (χ1) is 14.7. The average Bonchev–Trinajstić information content (AvgIpc) is 3.28. The number of carbonyl (C=O) groups excluding carboxylic acids is 2. The van der Waals surface area contributed by atoms with Crippen molar-refractivity contribution in [3.05, 3.63) is 60.2 Å². The molecule has 2 heterocycles. The summed E-state index contributed by atoms with van der Waals surface area (Å²) >= 11 is 0. The summed E-state index contributed by atoms with van der Waals surface area (Å²) in [4.78, 5) is 29.9. The van der Waals surface area contributed by atoms with E-state index in [0.29, 0.717) is 39.2 Å². The Morgan fingerprint density at radius 3 is 2.60 bits per heavy atom. The first kappa shape index (κ1) is 20.6. The van der Waals surface area contributed by atoms with Gasteiger partial charge in [0.05, 0.1) is 5.92 Å². The summed E-state index contributed by atoms with van der Waals surface area (Å²) in [5, 5.41) is 0. The zero-order valence-electron chi connectivity index (χ0n) is 17.6. The number of carbonyl (C=O) groups is 2. The normalized spacial score (nSPS) is 22.2. The molecule has 0 spiro atoms. The highest BCUT2D eigenvalue weighted by atomic mass is 16.5. The molecule has 2 aliphatic heterocycles. The Kier molecular flexibility index (Phi) is 6.48. The van der Waals surface area contributed by atoms with E-state index in [1.54, 1.807) is 0 Å². The molecule has 0 saturated carbocycles. The molecule has 0 radical (unpaired) electrons. The van der Waals surface area contributed by atoms with Crippen LogP contribution >= 0.6 is 0 Å². The first-order valence-corrected chi connectivity index (χ1v) is 11.0. The van der Waals surface area contributed by atoms with Crippen LogP contribution in [0.1, 0.15) is 25.3 Å². The van der Waals surface area contributed by atoms with E-state index in [9.17, 15) is 9.59 Å². The number of hydrogen-bond donors (Lipinski definition) is 0. The number of ether oxygens (including phenoxy) is 1. The van der Waals surface area contributed by atoms with Gasteiger partial charge in [-0.25, -0.2) is 0 Å². The van der Waals surface area contributed by atoms with Crippen LogP contribution in [0.3, 0.4) is 0 Å². The molecule has 2 amide bonds. The van der Waals surface area contributed by atoms with Gasteiger partial charge in [0, 0.05) is 32.8 Å². The minimum absolute atomic E-state index is 0.0429. The third-order valence-corrected chi connectivity index (χ3v) is 6.16. The molecule has 0 N–H and O–H groups in total. The summed E-state index contributed by atoms with van der Waals surface area (Å²) in [6, 6.07) is 18.6. The molecule has 30 heavy (non-hydrogen) atoms. The lowest BCUT2D eigenvalue weighted by atomic mass is 9.94. The van der Waals surface area contributed by atoms with E-state index < -0.39 is 0 Å². The van der Waals surface area contributed by atoms with Crippen molar-refractivity contribution in [1.82, 2.24) is 9.80 Å². The second kappa shape index (κ2) is 9.43. The van der Waals surface area contributed by atoms with Gasteiger partial charge >= 0.3 is 0 Å². The molecule has 2 saturated heterocycles. The fraction of sp³-hybridized carbons (Fsp3) is 0.440. The summed E-state index contributed by atoms with van der Waals surface area (Å²) in [7, 11) is 0. The van der Waals surface area contributed by atoms with Gasteiger partial charge < -0.3 is 14.5 Å². The lowest BCUT2D eigenvalue weighted by Crippen LogP contribution is -2.42. The van der Waals surface area contributed by atoms with Gasteiger partial charge in [-0.05, 0) is 42.9 Å². The largest absolute Gasteiger partial charge is 0.368 e. The van der Waals surface area contributed by atoms with Crippen molar-refractivity contribution in [2.24, 2.45) is 5.92 Å². The van der Waals surface area contributed by atoms with Gasteiger partial charge in [0.2, 0.25) is 5.91 Å². The molecule has 0 bridgehead atoms. The van der Waals surface area contributed by atoms with Gasteiger partial charge in [0.25, 0.3) is 5.91 Å². The predicted molar refractivity (Wildman–Crippen MR) is 117 cm³/mol. The summed E-state index contributed by atoms with van der Waals surface area (Å²) < 4.78 is 5.62. The van der Waals surface area contributed by atoms with Crippen molar-refractivity contribution in [2.75, 3.05) is 32.8 Å². The molecule has 5 heteroatoms. The van der Waals surface area contributed by atoms with Crippen molar-refractivity contribution in [3.8, 4) is 11.1 Å². The zero-order valence-corrected chi connectivity index (χ0v) is 17.6. The molecule has 5 nitrogen and oxygen atoms in total. The monoisotopic (exact) mass is 406 g/mol. The van der Waals surface area contributed by atoms with E-state index in [1.807, 2.05) is 41.0 Å². The molecule has 2 fully saturated rings. The van der Waals surface area contributed by atoms with Crippen LogP contribution in [0.15, 0.2) is 54.6 Å². The molecule has 4 rings (SSSR count). The Balaban J connectivity index is 1.54. The first-order valence-electron chi connectivity index (χ1n) is 11.0. The number of rotatable bonds is 5. The van der Waals surface area contributed by atoms with E-state index in [0.717, 1.165) is 29.5 Å². The zero-order chi connectivity index (χ0) is 20.9. The number of nitrogens with zero attached hydrogens (tertiary/aromatic N) is 2. The van der Waals surface area contributed by atoms with Crippen LogP contribution in [0.4, 0.5) is 0 Å². The van der Waals surface area contributed by atoms with E-state index in [1.165, 1.54) is 0 Å². The summed E-state index contributed by atoms with van der Waals surface area (Å²) in [6.45, 7) is 4.96. The maximum atomic E-state index is 13.2. The molecular formula is C25H30N2O3. The third kappa shape index (κ3) is 4.57. The quantitative estimate of drug-likeness (QED) is 0.765. The highest BCUT2D eigenvalue weighted by Crippen LogP contribution is 2.24. The molecule has 0 aliphatic carbocycles. The number of likely N-dealkylation sites (N-methyl/N-ethyl adjacent to an activating group) is 1. The Morgan fingerprint density at radius 1 is 1.07 bits per heavy atom. The van der Waals surface area contributed by atoms with Gasteiger partial charge in [-0.1, -0.05) is 54.6 Å². The van der Waals surface area contributed by atoms with Crippen molar-refractivity contribution < 1.29 is 14.3 Å². The van der Waals surface area contributed by atoms with Gasteiger partial charge in [0.15, 0.2) is 0 Å². The molecule has 0 aromatic heterocycles. The molecular weight excluding hydrogens is 376 g/mol. The van der Waals surface area contributed by atoms with Crippen LogP contribution in [-0.2, 0) is 20.7 Å². The average molecular weight is 407 g/mol. The van der Waals surface area contributed by atoms with Crippen LogP contribution < -0.4 is 0 Å². The van der Waals surface area contributed by atoms with Crippen molar-refractivity contribution in [2.45, 2.75) is 32.3 Å². The van der Waals surface area contributed by atoms with Gasteiger partial charge in [-0.2, -0.15) is 0 Å². The minimum atomic E-state index is -0.338. The number of amides is 2. The molecule has 2 aliphatic rings. The maximum Gasteiger partial charge on any atom is 0.251 e.